The van der Waals surface area contributed by atoms with Crippen LogP contribution in [0.5, 0.6) is 0 Å². The van der Waals surface area contributed by atoms with Crippen LogP contribution >= 0.6 is 0 Å². The van der Waals surface area contributed by atoms with E-state index in [4.69, 9.17) is 0 Å². The molecule has 0 aliphatic carbocycles. The van der Waals surface area contributed by atoms with E-state index in [1.165, 1.54) is 0 Å². The van der Waals surface area contributed by atoms with Gasteiger partial charge in [-0.15, -0.1) is 0 Å². The Kier molecular flexibility index (Phi) is 4.93. The van der Waals surface area contributed by atoms with Crippen LogP contribution in [0.3, 0.4) is 0 Å². The molecule has 1 atom stereocenters. The van der Waals surface area contributed by atoms with Crippen molar-refractivity contribution in [2.24, 2.45) is 0 Å². The maximum absolute atomic E-state index is 13.3. The van der Waals surface area contributed by atoms with Gasteiger partial charge in [-0.1, -0.05) is 24.3 Å². The smallest absolute Gasteiger partial charge is 0.335 e. The molecule has 1 N–H and O–H groups in total. The fourth-order valence-electron chi connectivity index (χ4n) is 3.80. The topological polar surface area (TPSA) is 75.4 Å². The summed E-state index contributed by atoms with van der Waals surface area (Å²) >= 11 is 0. The number of hydrogen-bond donors (Lipinski definition) is 1. The van der Waals surface area contributed by atoms with Crippen molar-refractivity contribution in [2.75, 3.05) is 13.1 Å². The van der Waals surface area contributed by atoms with Gasteiger partial charge in [0, 0.05) is 31.4 Å². The highest BCUT2D eigenvalue weighted by atomic mass is 16.4. The largest absolute Gasteiger partial charge is 0.478 e. The van der Waals surface area contributed by atoms with Gasteiger partial charge in [0.2, 0.25) is 0 Å². The van der Waals surface area contributed by atoms with Crippen molar-refractivity contribution in [3.8, 4) is 5.69 Å². The second kappa shape index (κ2) is 7.68. The molecule has 1 aliphatic rings. The Morgan fingerprint density at radius 2 is 1.93 bits per heavy atom. The fraction of sp³-hybridized carbons (Fsp3) is 0.227. The minimum absolute atomic E-state index is 0.0230. The number of amides is 1. The van der Waals surface area contributed by atoms with Crippen molar-refractivity contribution in [1.29, 1.82) is 0 Å². The van der Waals surface area contributed by atoms with Crippen LogP contribution in [0, 0.1) is 0 Å². The SMILES string of the molecule is O=C(O)c1cccc([C@@H]2CCCN(C(=O)c3ccccc3-n3cccn3)C2)c1. The molecule has 1 fully saturated rings. The van der Waals surface area contributed by atoms with E-state index < -0.39 is 5.97 Å². The molecule has 1 saturated heterocycles. The molecule has 2 aromatic carbocycles. The number of carbonyl (C=O) groups is 2. The third-order valence-corrected chi connectivity index (χ3v) is 5.20. The third-order valence-electron chi connectivity index (χ3n) is 5.20. The highest BCUT2D eigenvalue weighted by Crippen LogP contribution is 2.29. The number of rotatable bonds is 4. The Bertz CT molecular complexity index is 998. The lowest BCUT2D eigenvalue weighted by Crippen LogP contribution is -2.39. The fourth-order valence-corrected chi connectivity index (χ4v) is 3.80. The Hall–Kier alpha value is -3.41. The number of carboxylic acid groups (broad SMARTS) is 1. The molecule has 0 saturated carbocycles. The van der Waals surface area contributed by atoms with E-state index in [9.17, 15) is 14.7 Å². The van der Waals surface area contributed by atoms with Crippen LogP contribution in [-0.2, 0) is 0 Å². The Balaban J connectivity index is 1.58. The van der Waals surface area contributed by atoms with Crippen LogP contribution < -0.4 is 0 Å². The molecule has 0 radical (unpaired) electrons. The lowest BCUT2D eigenvalue weighted by molar-refractivity contribution is 0.0687. The summed E-state index contributed by atoms with van der Waals surface area (Å²) in [4.78, 5) is 26.4. The molecule has 6 nitrogen and oxygen atoms in total. The van der Waals surface area contributed by atoms with Crippen LogP contribution in [0.4, 0.5) is 0 Å². The van der Waals surface area contributed by atoms with Gasteiger partial charge < -0.3 is 10.0 Å². The van der Waals surface area contributed by atoms with Gasteiger partial charge in [-0.25, -0.2) is 9.48 Å². The second-order valence-electron chi connectivity index (χ2n) is 6.99. The van der Waals surface area contributed by atoms with E-state index in [1.807, 2.05) is 47.5 Å². The van der Waals surface area contributed by atoms with E-state index in [1.54, 1.807) is 29.1 Å². The molecule has 142 valence electrons. The summed E-state index contributed by atoms with van der Waals surface area (Å²) in [5, 5.41) is 13.5. The average molecular weight is 375 g/mol. The maximum Gasteiger partial charge on any atom is 0.335 e. The first-order valence-corrected chi connectivity index (χ1v) is 9.35. The number of likely N-dealkylation sites (tertiary alicyclic amines) is 1. The summed E-state index contributed by atoms with van der Waals surface area (Å²) in [6.07, 6.45) is 5.33. The number of para-hydroxylation sites is 1. The Labute approximate surface area is 163 Å². The molecule has 0 unspecified atom stereocenters. The molecule has 0 spiro atoms. The van der Waals surface area contributed by atoms with Crippen LogP contribution in [0.2, 0.25) is 0 Å². The highest BCUT2D eigenvalue weighted by molar-refractivity contribution is 5.97. The zero-order valence-corrected chi connectivity index (χ0v) is 15.4. The normalized spacial score (nSPS) is 16.7. The van der Waals surface area contributed by atoms with Gasteiger partial charge in [0.25, 0.3) is 5.91 Å². The minimum Gasteiger partial charge on any atom is -0.478 e. The van der Waals surface area contributed by atoms with Crippen molar-refractivity contribution >= 4 is 11.9 Å². The first-order chi connectivity index (χ1) is 13.6. The zero-order chi connectivity index (χ0) is 19.5. The molecule has 1 aromatic heterocycles. The number of carbonyl (C=O) groups excluding carboxylic acids is 1. The quantitative estimate of drug-likeness (QED) is 0.756. The van der Waals surface area contributed by atoms with Crippen molar-refractivity contribution in [3.63, 3.8) is 0 Å². The monoisotopic (exact) mass is 375 g/mol. The van der Waals surface area contributed by atoms with E-state index in [-0.39, 0.29) is 17.4 Å². The highest BCUT2D eigenvalue weighted by Gasteiger charge is 2.27. The van der Waals surface area contributed by atoms with Crippen LogP contribution in [0.15, 0.2) is 67.0 Å². The molecular weight excluding hydrogens is 354 g/mol. The number of piperidine rings is 1. The first kappa shape index (κ1) is 18.0. The van der Waals surface area contributed by atoms with Crippen molar-refractivity contribution in [2.45, 2.75) is 18.8 Å². The summed E-state index contributed by atoms with van der Waals surface area (Å²) in [5.74, 6) is -0.821. The molecule has 3 aromatic rings. The second-order valence-corrected chi connectivity index (χ2v) is 6.99. The molecule has 1 amide bonds. The molecule has 2 heterocycles. The number of aromatic carboxylic acids is 1. The van der Waals surface area contributed by atoms with E-state index in [0.29, 0.717) is 18.7 Å². The standard InChI is InChI=1S/C22H21N3O3/c26-21(19-9-1-2-10-20(19)25-13-5-11-23-25)24-12-4-8-18(15-24)16-6-3-7-17(14-16)22(27)28/h1-3,5-7,9-11,13-14,18H,4,8,12,15H2,(H,27,28)/t18-/m1/s1. The Morgan fingerprint density at radius 1 is 1.07 bits per heavy atom. The summed E-state index contributed by atoms with van der Waals surface area (Å²) in [6.45, 7) is 1.27. The Morgan fingerprint density at radius 3 is 2.71 bits per heavy atom. The predicted octanol–water partition coefficient (Wildman–Crippen LogP) is 3.59. The van der Waals surface area contributed by atoms with E-state index in [2.05, 4.69) is 5.10 Å². The third kappa shape index (κ3) is 3.53. The number of aromatic nitrogens is 2. The van der Waals surface area contributed by atoms with Gasteiger partial charge in [0.05, 0.1) is 16.8 Å². The molecular formula is C22H21N3O3. The van der Waals surface area contributed by atoms with Crippen LogP contribution in [-0.4, -0.2) is 44.8 Å². The number of nitrogens with zero attached hydrogens (tertiary/aromatic N) is 3. The molecule has 28 heavy (non-hydrogen) atoms. The lowest BCUT2D eigenvalue weighted by atomic mass is 9.89. The van der Waals surface area contributed by atoms with Gasteiger partial charge in [0.15, 0.2) is 0 Å². The van der Waals surface area contributed by atoms with Crippen molar-refractivity contribution < 1.29 is 14.7 Å². The van der Waals surface area contributed by atoms with Crippen LogP contribution in [0.1, 0.15) is 45.0 Å². The van der Waals surface area contributed by atoms with E-state index in [0.717, 1.165) is 24.1 Å². The van der Waals surface area contributed by atoms with Gasteiger partial charge in [-0.2, -0.15) is 5.10 Å². The van der Waals surface area contributed by atoms with Crippen molar-refractivity contribution in [3.05, 3.63) is 83.7 Å². The predicted molar refractivity (Wildman–Crippen MR) is 105 cm³/mol. The average Bonchev–Trinajstić information content (AvgIpc) is 3.28. The van der Waals surface area contributed by atoms with Gasteiger partial charge in [0.1, 0.15) is 0 Å². The van der Waals surface area contributed by atoms with Gasteiger partial charge in [-0.05, 0) is 48.7 Å². The van der Waals surface area contributed by atoms with Gasteiger partial charge >= 0.3 is 5.97 Å². The van der Waals surface area contributed by atoms with Crippen LogP contribution in [0.25, 0.3) is 5.69 Å². The summed E-state index contributed by atoms with van der Waals surface area (Å²) in [5.41, 5.74) is 2.63. The summed E-state index contributed by atoms with van der Waals surface area (Å²) in [6, 6.07) is 16.3. The number of hydrogen-bond acceptors (Lipinski definition) is 3. The first-order valence-electron chi connectivity index (χ1n) is 9.35. The number of carboxylic acids is 1. The minimum atomic E-state index is -0.932. The molecule has 1 aliphatic heterocycles. The molecule has 0 bridgehead atoms. The maximum atomic E-state index is 13.3. The molecule has 6 heteroatoms. The van der Waals surface area contributed by atoms with Gasteiger partial charge in [-0.3, -0.25) is 4.79 Å². The summed E-state index contributed by atoms with van der Waals surface area (Å²) in [7, 11) is 0. The molecule has 4 rings (SSSR count). The van der Waals surface area contributed by atoms with E-state index >= 15 is 0 Å². The lowest BCUT2D eigenvalue weighted by Gasteiger charge is -2.33. The summed E-state index contributed by atoms with van der Waals surface area (Å²) < 4.78 is 1.70. The van der Waals surface area contributed by atoms with Crippen molar-refractivity contribution in [1.82, 2.24) is 14.7 Å². The zero-order valence-electron chi connectivity index (χ0n) is 15.4. The number of benzene rings is 2.